The largest absolute Gasteiger partial charge is 0.490 e. The highest BCUT2D eigenvalue weighted by Gasteiger charge is 2.52. The van der Waals surface area contributed by atoms with Gasteiger partial charge in [0.05, 0.1) is 31.9 Å². The van der Waals surface area contributed by atoms with Crippen LogP contribution in [0.2, 0.25) is 5.02 Å². The van der Waals surface area contributed by atoms with E-state index in [9.17, 15) is 14.7 Å². The van der Waals surface area contributed by atoms with Gasteiger partial charge in [0, 0.05) is 43.7 Å². The average molecular weight is 651 g/mol. The van der Waals surface area contributed by atoms with E-state index in [1.54, 1.807) is 18.0 Å². The Bertz CT molecular complexity index is 1520. The van der Waals surface area contributed by atoms with Crippen LogP contribution in [-0.4, -0.2) is 75.0 Å². The van der Waals surface area contributed by atoms with Gasteiger partial charge in [-0.05, 0) is 110 Å². The van der Waals surface area contributed by atoms with Gasteiger partial charge >= 0.3 is 5.97 Å². The average Bonchev–Trinajstić information content (AvgIpc) is 3.19. The number of aliphatic hydroxyl groups is 1. The summed E-state index contributed by atoms with van der Waals surface area (Å²) in [6.45, 7) is 5.76. The first-order valence-electron chi connectivity index (χ1n) is 17.0. The summed E-state index contributed by atoms with van der Waals surface area (Å²) in [4.78, 5) is 30.9. The minimum Gasteiger partial charge on any atom is -0.490 e. The molecule has 3 aliphatic heterocycles. The topological polar surface area (TPSA) is 88.5 Å². The van der Waals surface area contributed by atoms with Gasteiger partial charge in [-0.15, -0.1) is 0 Å². The molecular formula is C37H47ClN2O6. The predicted molar refractivity (Wildman–Crippen MR) is 176 cm³/mol. The summed E-state index contributed by atoms with van der Waals surface area (Å²) in [7, 11) is 3.01. The number of hydrogen-bond donors (Lipinski definition) is 1. The molecule has 1 spiro atoms. The second-order valence-corrected chi connectivity index (χ2v) is 15.4. The molecule has 3 heterocycles. The number of esters is 1. The highest BCUT2D eigenvalue weighted by molar-refractivity contribution is 6.30. The SMILES string of the molecule is COC(=O)[C@@]1(O)CC(=O)N(C)CC[C@H]2CCO[C@@H](C2)[C@@H]2CCC2(C)CN2C[C@@]3(CCCc4cc(Cl)ccc43)COc3ccc1cc32. The third-order valence-corrected chi connectivity index (χ3v) is 12.3. The summed E-state index contributed by atoms with van der Waals surface area (Å²) in [6.07, 6.45) is 7.92. The van der Waals surface area contributed by atoms with Gasteiger partial charge in [0.15, 0.2) is 5.60 Å². The molecule has 1 amide bonds. The number of rotatable bonds is 1. The lowest BCUT2D eigenvalue weighted by Gasteiger charge is -2.54. The lowest BCUT2D eigenvalue weighted by Crippen LogP contribution is -2.55. The maximum absolute atomic E-state index is 13.5. The number of amides is 1. The van der Waals surface area contributed by atoms with Crippen molar-refractivity contribution in [3.63, 3.8) is 0 Å². The van der Waals surface area contributed by atoms with Crippen molar-refractivity contribution in [3.05, 3.63) is 58.1 Å². The number of fused-ring (bicyclic) bond motifs is 7. The van der Waals surface area contributed by atoms with Crippen LogP contribution in [0.4, 0.5) is 5.69 Å². The maximum Gasteiger partial charge on any atom is 0.343 e. The quantitative estimate of drug-likeness (QED) is 0.400. The summed E-state index contributed by atoms with van der Waals surface area (Å²) >= 11 is 6.47. The second-order valence-electron chi connectivity index (χ2n) is 15.0. The molecule has 8 nitrogen and oxygen atoms in total. The standard InChI is InChI=1S/C37H47ClN2O6/c1-35-14-10-29(35)32-17-24(12-16-45-32)11-15-39(2)33(41)20-37(43,34(42)44-3)26-6-9-31-30(19-26)40(21-35)22-36(23-46-31)13-4-5-25-18-27(38)7-8-28(25)36/h6-9,18-19,24,29,32,43H,4-5,10-17,20-23H2,1-3H3/t24-,29-,32-,35?,36-,37+/m0/s1. The van der Waals surface area contributed by atoms with Crippen molar-refractivity contribution in [1.29, 1.82) is 0 Å². The number of benzene rings is 2. The van der Waals surface area contributed by atoms with E-state index >= 15 is 0 Å². The Labute approximate surface area is 277 Å². The molecule has 46 heavy (non-hydrogen) atoms. The summed E-state index contributed by atoms with van der Waals surface area (Å²) in [5.41, 5.74) is 1.37. The van der Waals surface area contributed by atoms with E-state index in [0.29, 0.717) is 36.3 Å². The Morgan fingerprint density at radius 2 is 1.96 bits per heavy atom. The van der Waals surface area contributed by atoms with Crippen molar-refractivity contribution >= 4 is 29.2 Å². The van der Waals surface area contributed by atoms with Crippen LogP contribution in [-0.2, 0) is 36.5 Å². The normalized spacial score (nSPS) is 34.5. The molecular weight excluding hydrogens is 604 g/mol. The molecule has 7 rings (SSSR count). The van der Waals surface area contributed by atoms with Crippen LogP contribution in [0.1, 0.15) is 75.0 Å². The fraction of sp³-hybridized carbons (Fsp3) is 0.622. The maximum atomic E-state index is 13.5. The highest BCUT2D eigenvalue weighted by Crippen LogP contribution is 2.54. The van der Waals surface area contributed by atoms with Gasteiger partial charge in [-0.1, -0.05) is 30.7 Å². The summed E-state index contributed by atoms with van der Waals surface area (Å²) < 4.78 is 18.3. The van der Waals surface area contributed by atoms with E-state index in [1.807, 2.05) is 18.2 Å². The molecule has 5 aliphatic rings. The Kier molecular flexibility index (Phi) is 8.30. The number of halogens is 1. The van der Waals surface area contributed by atoms with E-state index < -0.39 is 18.0 Å². The van der Waals surface area contributed by atoms with Gasteiger partial charge in [0.25, 0.3) is 0 Å². The van der Waals surface area contributed by atoms with Gasteiger partial charge in [0.1, 0.15) is 5.75 Å². The Hall–Kier alpha value is -2.81. The molecule has 2 fully saturated rings. The van der Waals surface area contributed by atoms with Gasteiger partial charge in [-0.25, -0.2) is 4.79 Å². The van der Waals surface area contributed by atoms with Crippen LogP contribution in [0.5, 0.6) is 5.75 Å². The van der Waals surface area contributed by atoms with E-state index in [1.165, 1.54) is 18.2 Å². The van der Waals surface area contributed by atoms with E-state index in [2.05, 4.69) is 24.0 Å². The zero-order valence-corrected chi connectivity index (χ0v) is 28.1. The molecule has 1 saturated carbocycles. The molecule has 9 heteroatoms. The number of carbonyl (C=O) groups excluding carboxylic acids is 2. The minimum absolute atomic E-state index is 0.0192. The van der Waals surface area contributed by atoms with Gasteiger partial charge < -0.3 is 29.1 Å². The van der Waals surface area contributed by atoms with Crippen LogP contribution >= 0.6 is 11.6 Å². The Morgan fingerprint density at radius 1 is 1.11 bits per heavy atom. The Balaban J connectivity index is 1.35. The molecule has 4 bridgehead atoms. The zero-order valence-electron chi connectivity index (χ0n) is 27.4. The fourth-order valence-electron chi connectivity index (χ4n) is 9.18. The molecule has 2 aliphatic carbocycles. The number of carbonyl (C=O) groups is 2. The summed E-state index contributed by atoms with van der Waals surface area (Å²) in [6, 6.07) is 11.7. The first-order chi connectivity index (χ1) is 22.0. The fourth-order valence-corrected chi connectivity index (χ4v) is 9.37. The van der Waals surface area contributed by atoms with E-state index in [4.69, 9.17) is 25.8 Å². The lowest BCUT2D eigenvalue weighted by atomic mass is 9.57. The molecule has 0 radical (unpaired) electrons. The van der Waals surface area contributed by atoms with Crippen LogP contribution in [0.15, 0.2) is 36.4 Å². The van der Waals surface area contributed by atoms with Gasteiger partial charge in [-0.2, -0.15) is 0 Å². The molecule has 6 atom stereocenters. The summed E-state index contributed by atoms with van der Waals surface area (Å²) in [5, 5.41) is 12.8. The molecule has 2 aromatic carbocycles. The number of methoxy groups -OCH3 is 1. The third-order valence-electron chi connectivity index (χ3n) is 12.1. The molecule has 1 N–H and O–H groups in total. The number of anilines is 1. The predicted octanol–water partition coefficient (Wildman–Crippen LogP) is 5.64. The first kappa shape index (κ1) is 31.8. The van der Waals surface area contributed by atoms with Crippen molar-refractivity contribution < 1.29 is 28.9 Å². The van der Waals surface area contributed by atoms with Crippen molar-refractivity contribution in [3.8, 4) is 5.75 Å². The second kappa shape index (κ2) is 12.0. The van der Waals surface area contributed by atoms with Gasteiger partial charge in [0.2, 0.25) is 5.91 Å². The third kappa shape index (κ3) is 5.48. The van der Waals surface area contributed by atoms with Crippen molar-refractivity contribution in [2.24, 2.45) is 17.3 Å². The van der Waals surface area contributed by atoms with Crippen LogP contribution in [0.3, 0.4) is 0 Å². The zero-order chi connectivity index (χ0) is 32.3. The number of nitrogens with zero attached hydrogens (tertiary/aromatic N) is 2. The molecule has 248 valence electrons. The lowest BCUT2D eigenvalue weighted by molar-refractivity contribution is -0.168. The molecule has 0 aromatic heterocycles. The first-order valence-corrected chi connectivity index (χ1v) is 17.4. The minimum atomic E-state index is -2.14. The highest BCUT2D eigenvalue weighted by atomic mass is 35.5. The number of ether oxygens (including phenoxy) is 3. The van der Waals surface area contributed by atoms with E-state index in [0.717, 1.165) is 81.8 Å². The van der Waals surface area contributed by atoms with Crippen molar-refractivity contribution in [1.82, 2.24) is 4.90 Å². The summed E-state index contributed by atoms with van der Waals surface area (Å²) in [5.74, 6) is 0.468. The van der Waals surface area contributed by atoms with Crippen LogP contribution < -0.4 is 9.64 Å². The Morgan fingerprint density at radius 3 is 2.74 bits per heavy atom. The number of aryl methyl sites for hydroxylation is 1. The number of hydrogen-bond acceptors (Lipinski definition) is 7. The molecule has 1 unspecified atom stereocenters. The van der Waals surface area contributed by atoms with E-state index in [-0.39, 0.29) is 22.8 Å². The van der Waals surface area contributed by atoms with Crippen molar-refractivity contribution in [2.75, 3.05) is 51.9 Å². The smallest absolute Gasteiger partial charge is 0.343 e. The van der Waals surface area contributed by atoms with Gasteiger partial charge in [-0.3, -0.25) is 4.79 Å². The van der Waals surface area contributed by atoms with Crippen molar-refractivity contribution in [2.45, 2.75) is 81.8 Å². The monoisotopic (exact) mass is 650 g/mol. The van der Waals surface area contributed by atoms with Crippen LogP contribution in [0.25, 0.3) is 0 Å². The van der Waals surface area contributed by atoms with Crippen LogP contribution in [0, 0.1) is 17.3 Å². The molecule has 1 saturated heterocycles. The molecule has 2 aromatic rings.